The molecule has 0 fully saturated rings. The number of rotatable bonds is 6. The van der Waals surface area contributed by atoms with Crippen LogP contribution in [-0.4, -0.2) is 18.6 Å². The van der Waals surface area contributed by atoms with Crippen molar-refractivity contribution in [3.05, 3.63) is 28.3 Å². The Morgan fingerprint density at radius 2 is 2.18 bits per heavy atom. The van der Waals surface area contributed by atoms with E-state index in [-0.39, 0.29) is 5.69 Å². The summed E-state index contributed by atoms with van der Waals surface area (Å²) in [5, 5.41) is 13.8. The smallest absolute Gasteiger partial charge is 0.333 e. The maximum absolute atomic E-state index is 11.0. The summed E-state index contributed by atoms with van der Waals surface area (Å²) in [7, 11) is 1.65. The molecule has 0 spiro atoms. The Bertz CT molecular complexity index is 391. The number of benzene rings is 1. The van der Waals surface area contributed by atoms with Gasteiger partial charge in [-0.3, -0.25) is 10.1 Å². The second-order valence-electron chi connectivity index (χ2n) is 4.19. The van der Waals surface area contributed by atoms with E-state index in [2.05, 4.69) is 19.2 Å². The maximum atomic E-state index is 11.0. The fourth-order valence-electron chi connectivity index (χ4n) is 1.43. The summed E-state index contributed by atoms with van der Waals surface area (Å²) >= 11 is 0. The summed E-state index contributed by atoms with van der Waals surface area (Å²) in [5.74, 6) is 0.837. The molecule has 0 aliphatic rings. The topological polar surface area (TPSA) is 64.4 Å². The van der Waals surface area contributed by atoms with E-state index >= 15 is 0 Å². The Kier molecular flexibility index (Phi) is 4.75. The summed E-state index contributed by atoms with van der Waals surface area (Å²) in [4.78, 5) is 10.6. The average molecular weight is 238 g/mol. The van der Waals surface area contributed by atoms with Crippen molar-refractivity contribution >= 4 is 11.4 Å². The molecule has 0 aromatic heterocycles. The van der Waals surface area contributed by atoms with Gasteiger partial charge in [-0.25, -0.2) is 0 Å². The molecular formula is C12H18N2O3. The van der Waals surface area contributed by atoms with Crippen molar-refractivity contribution in [1.29, 1.82) is 0 Å². The zero-order chi connectivity index (χ0) is 12.8. The van der Waals surface area contributed by atoms with E-state index in [1.165, 1.54) is 0 Å². The van der Waals surface area contributed by atoms with Crippen LogP contribution in [0.1, 0.15) is 20.3 Å². The molecule has 0 unspecified atom stereocenters. The fourth-order valence-corrected chi connectivity index (χ4v) is 1.43. The van der Waals surface area contributed by atoms with Gasteiger partial charge in [0.15, 0.2) is 5.75 Å². The largest absolute Gasteiger partial charge is 0.487 e. The second-order valence-corrected chi connectivity index (χ2v) is 4.19. The van der Waals surface area contributed by atoms with Crippen molar-refractivity contribution in [2.75, 3.05) is 19.0 Å². The van der Waals surface area contributed by atoms with Gasteiger partial charge in [-0.2, -0.15) is 0 Å². The van der Waals surface area contributed by atoms with Gasteiger partial charge < -0.3 is 10.1 Å². The molecule has 0 aliphatic carbocycles. The molecule has 0 saturated carbocycles. The third-order valence-electron chi connectivity index (χ3n) is 2.40. The molecule has 1 aromatic rings. The molecule has 0 saturated heterocycles. The highest BCUT2D eigenvalue weighted by Gasteiger charge is 2.19. The third kappa shape index (κ3) is 3.62. The number of anilines is 1. The van der Waals surface area contributed by atoms with E-state index in [9.17, 15) is 10.1 Å². The lowest BCUT2D eigenvalue weighted by atomic mass is 10.1. The molecular weight excluding hydrogens is 220 g/mol. The Balaban J connectivity index is 2.87. The van der Waals surface area contributed by atoms with Gasteiger partial charge in [0, 0.05) is 7.05 Å². The number of hydrogen-bond acceptors (Lipinski definition) is 4. The van der Waals surface area contributed by atoms with E-state index in [4.69, 9.17) is 4.74 Å². The van der Waals surface area contributed by atoms with Gasteiger partial charge in [-0.15, -0.1) is 0 Å². The van der Waals surface area contributed by atoms with E-state index in [1.807, 2.05) is 0 Å². The Morgan fingerprint density at radius 1 is 1.47 bits per heavy atom. The molecule has 0 aliphatic heterocycles. The molecule has 5 nitrogen and oxygen atoms in total. The van der Waals surface area contributed by atoms with Crippen LogP contribution in [-0.2, 0) is 0 Å². The summed E-state index contributed by atoms with van der Waals surface area (Å²) in [6.45, 7) is 4.66. The first kappa shape index (κ1) is 13.3. The minimum atomic E-state index is -0.420. The number of hydrogen-bond donors (Lipinski definition) is 1. The molecule has 1 N–H and O–H groups in total. The lowest BCUT2D eigenvalue weighted by Gasteiger charge is -2.10. The first-order chi connectivity index (χ1) is 8.06. The van der Waals surface area contributed by atoms with E-state index in [0.29, 0.717) is 24.0 Å². The predicted molar refractivity (Wildman–Crippen MR) is 67.6 cm³/mol. The summed E-state index contributed by atoms with van der Waals surface area (Å²) < 4.78 is 5.47. The minimum Gasteiger partial charge on any atom is -0.487 e. The van der Waals surface area contributed by atoms with Gasteiger partial charge in [-0.05, 0) is 24.5 Å². The van der Waals surface area contributed by atoms with Crippen LogP contribution in [0.25, 0.3) is 0 Å². The van der Waals surface area contributed by atoms with Crippen molar-refractivity contribution in [3.8, 4) is 5.75 Å². The van der Waals surface area contributed by atoms with Crippen LogP contribution >= 0.6 is 0 Å². The predicted octanol–water partition coefficient (Wildman–Crippen LogP) is 3.06. The monoisotopic (exact) mass is 238 g/mol. The number of nitro benzene ring substituents is 1. The maximum Gasteiger partial charge on any atom is 0.333 e. The highest BCUT2D eigenvalue weighted by molar-refractivity contribution is 5.68. The van der Waals surface area contributed by atoms with Crippen LogP contribution in [0.3, 0.4) is 0 Å². The Hall–Kier alpha value is -1.78. The molecule has 0 bridgehead atoms. The zero-order valence-electron chi connectivity index (χ0n) is 10.4. The van der Waals surface area contributed by atoms with Crippen molar-refractivity contribution in [2.24, 2.45) is 5.92 Å². The average Bonchev–Trinajstić information content (AvgIpc) is 2.27. The molecule has 5 heteroatoms. The minimum absolute atomic E-state index is 0.00115. The van der Waals surface area contributed by atoms with Gasteiger partial charge in [0.25, 0.3) is 0 Å². The molecule has 94 valence electrons. The van der Waals surface area contributed by atoms with E-state index < -0.39 is 4.92 Å². The number of nitrogens with one attached hydrogen (secondary N) is 1. The molecule has 0 atom stereocenters. The molecule has 17 heavy (non-hydrogen) atoms. The zero-order valence-corrected chi connectivity index (χ0v) is 10.4. The molecule has 0 radical (unpaired) electrons. The molecule has 0 amide bonds. The lowest BCUT2D eigenvalue weighted by molar-refractivity contribution is -0.384. The van der Waals surface area contributed by atoms with Crippen molar-refractivity contribution < 1.29 is 9.66 Å². The van der Waals surface area contributed by atoms with E-state index in [0.717, 1.165) is 6.42 Å². The number of para-hydroxylation sites is 1. The third-order valence-corrected chi connectivity index (χ3v) is 2.40. The van der Waals surface area contributed by atoms with E-state index in [1.54, 1.807) is 25.2 Å². The molecule has 0 heterocycles. The second kappa shape index (κ2) is 6.08. The standard InChI is InChI=1S/C12H18N2O3/c1-9(2)7-8-17-11-6-4-5-10(13-3)12(11)14(15)16/h4-6,9,13H,7-8H2,1-3H3. The first-order valence-electron chi connectivity index (χ1n) is 5.64. The van der Waals surface area contributed by atoms with Crippen LogP contribution in [0, 0.1) is 16.0 Å². The quantitative estimate of drug-likeness (QED) is 0.611. The first-order valence-corrected chi connectivity index (χ1v) is 5.64. The fraction of sp³-hybridized carbons (Fsp3) is 0.500. The highest BCUT2D eigenvalue weighted by Crippen LogP contribution is 2.34. The highest BCUT2D eigenvalue weighted by atomic mass is 16.6. The number of nitro groups is 1. The normalized spacial score (nSPS) is 10.4. The number of ether oxygens (including phenoxy) is 1. The van der Waals surface area contributed by atoms with Gasteiger partial charge in [0.1, 0.15) is 5.69 Å². The Labute approximate surface area is 101 Å². The summed E-state index contributed by atoms with van der Waals surface area (Å²) in [6, 6.07) is 5.02. The summed E-state index contributed by atoms with van der Waals surface area (Å²) in [5.41, 5.74) is 0.468. The van der Waals surface area contributed by atoms with Crippen LogP contribution in [0.15, 0.2) is 18.2 Å². The van der Waals surface area contributed by atoms with Crippen LogP contribution in [0.4, 0.5) is 11.4 Å². The van der Waals surface area contributed by atoms with Gasteiger partial charge in [-0.1, -0.05) is 19.9 Å². The summed E-state index contributed by atoms with van der Waals surface area (Å²) in [6.07, 6.45) is 0.876. The van der Waals surface area contributed by atoms with Crippen molar-refractivity contribution in [1.82, 2.24) is 0 Å². The molecule has 1 aromatic carbocycles. The van der Waals surface area contributed by atoms with Crippen LogP contribution < -0.4 is 10.1 Å². The van der Waals surface area contributed by atoms with Crippen molar-refractivity contribution in [2.45, 2.75) is 20.3 Å². The number of nitrogens with zero attached hydrogens (tertiary/aromatic N) is 1. The van der Waals surface area contributed by atoms with Crippen molar-refractivity contribution in [3.63, 3.8) is 0 Å². The van der Waals surface area contributed by atoms with Gasteiger partial charge in [0.05, 0.1) is 11.5 Å². The lowest BCUT2D eigenvalue weighted by Crippen LogP contribution is -2.05. The molecule has 1 rings (SSSR count). The van der Waals surface area contributed by atoms with Gasteiger partial charge in [0.2, 0.25) is 0 Å². The van der Waals surface area contributed by atoms with Crippen LogP contribution in [0.2, 0.25) is 0 Å². The Morgan fingerprint density at radius 3 is 2.71 bits per heavy atom. The SMILES string of the molecule is CNc1cccc(OCCC(C)C)c1[N+](=O)[O-]. The van der Waals surface area contributed by atoms with Crippen LogP contribution in [0.5, 0.6) is 5.75 Å². The van der Waals surface area contributed by atoms with Gasteiger partial charge >= 0.3 is 5.69 Å².